The molecule has 1 amide bonds. The number of hydrazone groups is 1. The Morgan fingerprint density at radius 1 is 1.53 bits per heavy atom. The lowest BCUT2D eigenvalue weighted by Crippen LogP contribution is -2.14. The average molecular weight is 237 g/mol. The molecule has 0 bridgehead atoms. The van der Waals surface area contributed by atoms with Gasteiger partial charge < -0.3 is 4.42 Å². The van der Waals surface area contributed by atoms with Crippen LogP contribution < -0.4 is 5.43 Å². The first-order chi connectivity index (χ1) is 7.99. The molecule has 1 heterocycles. The molecule has 0 fully saturated rings. The minimum absolute atomic E-state index is 0.189. The number of nitrogens with one attached hydrogen (secondary N) is 1. The van der Waals surface area contributed by atoms with Gasteiger partial charge in [0.15, 0.2) is 5.76 Å². The summed E-state index contributed by atoms with van der Waals surface area (Å²) in [4.78, 5) is 20.8. The van der Waals surface area contributed by atoms with Crippen LogP contribution in [0.15, 0.2) is 33.3 Å². The molecule has 0 aliphatic heterocycles. The molecule has 0 aliphatic rings. The van der Waals surface area contributed by atoms with Crippen molar-refractivity contribution in [3.8, 4) is 0 Å². The van der Waals surface area contributed by atoms with E-state index in [9.17, 15) is 14.9 Å². The summed E-state index contributed by atoms with van der Waals surface area (Å²) in [5.41, 5.74) is 3.06. The lowest BCUT2D eigenvalue weighted by Gasteiger charge is -1.92. The Balaban J connectivity index is 2.56. The summed E-state index contributed by atoms with van der Waals surface area (Å²) in [6.45, 7) is 3.55. The van der Waals surface area contributed by atoms with E-state index >= 15 is 0 Å². The Kier molecular flexibility index (Phi) is 4.15. The van der Waals surface area contributed by atoms with Gasteiger partial charge in [0, 0.05) is 6.08 Å². The van der Waals surface area contributed by atoms with Gasteiger partial charge in [0.25, 0.3) is 5.91 Å². The van der Waals surface area contributed by atoms with Gasteiger partial charge in [-0.3, -0.25) is 14.9 Å². The van der Waals surface area contributed by atoms with E-state index in [0.717, 1.165) is 5.57 Å². The zero-order valence-corrected chi connectivity index (χ0v) is 9.34. The van der Waals surface area contributed by atoms with Crippen molar-refractivity contribution < 1.29 is 14.1 Å². The highest BCUT2D eigenvalue weighted by molar-refractivity contribution is 5.89. The third kappa shape index (κ3) is 4.29. The van der Waals surface area contributed by atoms with Gasteiger partial charge in [-0.15, -0.1) is 0 Å². The van der Waals surface area contributed by atoms with Gasteiger partial charge in [-0.25, -0.2) is 5.43 Å². The quantitative estimate of drug-likeness (QED) is 0.372. The number of rotatable bonds is 4. The van der Waals surface area contributed by atoms with Crippen LogP contribution in [0.1, 0.15) is 19.6 Å². The fourth-order valence-electron chi connectivity index (χ4n) is 0.964. The van der Waals surface area contributed by atoms with Crippen LogP contribution in [0.3, 0.4) is 0 Å². The lowest BCUT2D eigenvalue weighted by atomic mass is 10.3. The normalized spacial score (nSPS) is 10.2. The zero-order valence-electron chi connectivity index (χ0n) is 9.34. The van der Waals surface area contributed by atoms with Crippen LogP contribution in [0.5, 0.6) is 0 Å². The molecule has 7 nitrogen and oxygen atoms in total. The number of furan rings is 1. The Morgan fingerprint density at radius 3 is 2.76 bits per heavy atom. The first kappa shape index (κ1) is 12.6. The Morgan fingerprint density at radius 2 is 2.24 bits per heavy atom. The average Bonchev–Trinajstić information content (AvgIpc) is 2.65. The van der Waals surface area contributed by atoms with Crippen molar-refractivity contribution >= 4 is 18.0 Å². The standard InChI is InChI=1S/C10H11N3O4/c1-7(2)5-9(14)12-11-6-8-3-4-10(17-8)13(15)16/h3-6H,1-2H3,(H,12,14). The zero-order chi connectivity index (χ0) is 12.8. The SMILES string of the molecule is CC(C)=CC(=O)NN=Cc1ccc([N+](=O)[O-])o1. The minimum atomic E-state index is -0.654. The van der Waals surface area contributed by atoms with Crippen LogP contribution in [-0.2, 0) is 4.79 Å². The largest absolute Gasteiger partial charge is 0.433 e. The Hall–Kier alpha value is -2.44. The van der Waals surface area contributed by atoms with Crippen LogP contribution in [0, 0.1) is 10.1 Å². The highest BCUT2D eigenvalue weighted by atomic mass is 16.6. The molecule has 0 unspecified atom stereocenters. The van der Waals surface area contributed by atoms with E-state index in [-0.39, 0.29) is 17.6 Å². The molecule has 1 aromatic heterocycles. The smallest absolute Gasteiger partial charge is 0.400 e. The van der Waals surface area contributed by atoms with Gasteiger partial charge in [-0.05, 0) is 19.9 Å². The summed E-state index contributed by atoms with van der Waals surface area (Å²) < 4.78 is 4.79. The monoisotopic (exact) mass is 237 g/mol. The van der Waals surface area contributed by atoms with Crippen molar-refractivity contribution in [2.45, 2.75) is 13.8 Å². The van der Waals surface area contributed by atoms with Gasteiger partial charge in [0.1, 0.15) is 4.92 Å². The predicted octanol–water partition coefficient (Wildman–Crippen LogP) is 1.60. The first-order valence-electron chi connectivity index (χ1n) is 4.71. The molecule has 1 aromatic rings. The van der Waals surface area contributed by atoms with Crippen LogP contribution in [0.25, 0.3) is 0 Å². The van der Waals surface area contributed by atoms with E-state index in [4.69, 9.17) is 4.42 Å². The van der Waals surface area contributed by atoms with Gasteiger partial charge in [0.2, 0.25) is 0 Å². The summed E-state index contributed by atoms with van der Waals surface area (Å²) in [5, 5.41) is 13.9. The lowest BCUT2D eigenvalue weighted by molar-refractivity contribution is -0.402. The van der Waals surface area contributed by atoms with Crippen LogP contribution >= 0.6 is 0 Å². The number of carbonyl (C=O) groups is 1. The maximum Gasteiger partial charge on any atom is 0.433 e. The maximum atomic E-state index is 11.1. The van der Waals surface area contributed by atoms with Gasteiger partial charge in [-0.2, -0.15) is 5.10 Å². The summed E-state index contributed by atoms with van der Waals surface area (Å²) >= 11 is 0. The number of nitrogens with zero attached hydrogens (tertiary/aromatic N) is 2. The van der Waals surface area contributed by atoms with Crippen LogP contribution in [-0.4, -0.2) is 17.0 Å². The molecule has 90 valence electrons. The fraction of sp³-hybridized carbons (Fsp3) is 0.200. The third-order valence-corrected chi connectivity index (χ3v) is 1.58. The van der Waals surface area contributed by atoms with Crippen molar-refractivity contribution in [1.29, 1.82) is 0 Å². The molecule has 0 aromatic carbocycles. The molecule has 1 N–H and O–H groups in total. The van der Waals surface area contributed by atoms with Gasteiger partial charge in [-0.1, -0.05) is 5.57 Å². The van der Waals surface area contributed by atoms with Crippen molar-refractivity contribution in [2.75, 3.05) is 0 Å². The molecule has 17 heavy (non-hydrogen) atoms. The Bertz CT molecular complexity index is 483. The minimum Gasteiger partial charge on any atom is -0.400 e. The number of amides is 1. The fourth-order valence-corrected chi connectivity index (χ4v) is 0.964. The molecule has 0 aliphatic carbocycles. The molecule has 1 rings (SSSR count). The van der Waals surface area contributed by atoms with Gasteiger partial charge in [0.05, 0.1) is 12.3 Å². The molecule has 0 atom stereocenters. The molecular formula is C10H11N3O4. The molecular weight excluding hydrogens is 226 g/mol. The molecule has 0 radical (unpaired) electrons. The van der Waals surface area contributed by atoms with E-state index in [1.165, 1.54) is 24.4 Å². The number of hydrogen-bond donors (Lipinski definition) is 1. The predicted molar refractivity (Wildman–Crippen MR) is 60.5 cm³/mol. The summed E-state index contributed by atoms with van der Waals surface area (Å²) in [7, 11) is 0. The number of carbonyl (C=O) groups excluding carboxylic acids is 1. The van der Waals surface area contributed by atoms with Crippen molar-refractivity contribution in [3.63, 3.8) is 0 Å². The van der Waals surface area contributed by atoms with E-state index in [0.29, 0.717) is 0 Å². The third-order valence-electron chi connectivity index (χ3n) is 1.58. The van der Waals surface area contributed by atoms with Crippen LogP contribution in [0.2, 0.25) is 0 Å². The van der Waals surface area contributed by atoms with Crippen molar-refractivity contribution in [2.24, 2.45) is 5.10 Å². The van der Waals surface area contributed by atoms with Gasteiger partial charge >= 0.3 is 5.88 Å². The summed E-state index contributed by atoms with van der Waals surface area (Å²) in [6.07, 6.45) is 2.56. The number of hydrogen-bond acceptors (Lipinski definition) is 5. The van der Waals surface area contributed by atoms with E-state index in [1.807, 2.05) is 0 Å². The van der Waals surface area contributed by atoms with Crippen molar-refractivity contribution in [3.05, 3.63) is 39.7 Å². The second-order valence-corrected chi connectivity index (χ2v) is 3.39. The van der Waals surface area contributed by atoms with Crippen LogP contribution in [0.4, 0.5) is 5.88 Å². The van der Waals surface area contributed by atoms with E-state index < -0.39 is 4.92 Å². The first-order valence-corrected chi connectivity index (χ1v) is 4.71. The maximum absolute atomic E-state index is 11.1. The molecule has 0 saturated heterocycles. The summed E-state index contributed by atoms with van der Waals surface area (Å²) in [5.74, 6) is -0.557. The number of nitro groups is 1. The topological polar surface area (TPSA) is 97.7 Å². The van der Waals surface area contributed by atoms with E-state index in [1.54, 1.807) is 13.8 Å². The molecule has 0 spiro atoms. The van der Waals surface area contributed by atoms with E-state index in [2.05, 4.69) is 10.5 Å². The molecule has 0 saturated carbocycles. The highest BCUT2D eigenvalue weighted by Gasteiger charge is 2.10. The highest BCUT2D eigenvalue weighted by Crippen LogP contribution is 2.13. The van der Waals surface area contributed by atoms with Crippen molar-refractivity contribution in [1.82, 2.24) is 5.43 Å². The molecule has 7 heteroatoms. The number of allylic oxidation sites excluding steroid dienone is 1. The second kappa shape index (κ2) is 5.59. The Labute approximate surface area is 97.0 Å². The second-order valence-electron chi connectivity index (χ2n) is 3.39. The summed E-state index contributed by atoms with van der Waals surface area (Å²) in [6, 6.07) is 2.59.